The van der Waals surface area contributed by atoms with Crippen LogP contribution < -0.4 is 10.5 Å². The fourth-order valence-electron chi connectivity index (χ4n) is 2.07. The van der Waals surface area contributed by atoms with E-state index in [4.69, 9.17) is 15.2 Å². The maximum atomic E-state index is 11.9. The molecule has 0 unspecified atom stereocenters. The molecule has 0 radical (unpaired) electrons. The summed E-state index contributed by atoms with van der Waals surface area (Å²) in [5, 5.41) is 0. The van der Waals surface area contributed by atoms with Gasteiger partial charge >= 0.3 is 5.97 Å². The van der Waals surface area contributed by atoms with Crippen molar-refractivity contribution in [1.82, 2.24) is 4.90 Å². The summed E-state index contributed by atoms with van der Waals surface area (Å²) in [6, 6.07) is 5.94. The van der Waals surface area contributed by atoms with Gasteiger partial charge in [0, 0.05) is 13.0 Å². The van der Waals surface area contributed by atoms with Gasteiger partial charge in [0.05, 0.1) is 5.56 Å². The van der Waals surface area contributed by atoms with E-state index in [0.717, 1.165) is 4.90 Å². The lowest BCUT2D eigenvalue weighted by Crippen LogP contribution is -2.35. The number of ether oxygens (including phenoxy) is 2. The van der Waals surface area contributed by atoms with Gasteiger partial charge in [-0.1, -0.05) is 6.07 Å². The summed E-state index contributed by atoms with van der Waals surface area (Å²) in [5.74, 6) is -1.89. The topological polar surface area (TPSA) is 116 Å². The van der Waals surface area contributed by atoms with Crippen LogP contribution in [0.2, 0.25) is 0 Å². The van der Waals surface area contributed by atoms with Gasteiger partial charge in [-0.2, -0.15) is 0 Å². The first-order valence-corrected chi connectivity index (χ1v) is 6.99. The van der Waals surface area contributed by atoms with Crippen LogP contribution in [0.15, 0.2) is 24.3 Å². The number of likely N-dealkylation sites (tertiary alicyclic amines) is 1. The van der Waals surface area contributed by atoms with Crippen LogP contribution in [-0.2, 0) is 19.1 Å². The number of hydrogen-bond acceptors (Lipinski definition) is 6. The Morgan fingerprint density at radius 2 is 2.00 bits per heavy atom. The minimum absolute atomic E-state index is 0.160. The lowest BCUT2D eigenvalue weighted by Gasteiger charge is -2.13. The molecule has 1 aromatic carbocycles. The van der Waals surface area contributed by atoms with Crippen LogP contribution in [0.25, 0.3) is 0 Å². The maximum absolute atomic E-state index is 11.9. The Kier molecular flexibility index (Phi) is 5.29. The van der Waals surface area contributed by atoms with E-state index in [1.54, 1.807) is 12.1 Å². The second-order valence-corrected chi connectivity index (χ2v) is 4.90. The molecule has 122 valence electrons. The molecule has 8 heteroatoms. The van der Waals surface area contributed by atoms with Crippen molar-refractivity contribution < 1.29 is 28.7 Å². The van der Waals surface area contributed by atoms with E-state index in [1.807, 2.05) is 0 Å². The van der Waals surface area contributed by atoms with Gasteiger partial charge in [-0.15, -0.1) is 0 Å². The number of imide groups is 1. The quantitative estimate of drug-likeness (QED) is 0.729. The summed E-state index contributed by atoms with van der Waals surface area (Å²) in [7, 11) is 0. The van der Waals surface area contributed by atoms with E-state index >= 15 is 0 Å². The third-order valence-electron chi connectivity index (χ3n) is 3.15. The van der Waals surface area contributed by atoms with Gasteiger partial charge in [0.25, 0.3) is 11.8 Å². The Morgan fingerprint density at radius 1 is 1.22 bits per heavy atom. The van der Waals surface area contributed by atoms with Crippen LogP contribution in [0, 0.1) is 0 Å². The number of amides is 3. The first kappa shape index (κ1) is 16.5. The van der Waals surface area contributed by atoms with Crippen molar-refractivity contribution in [2.75, 3.05) is 19.8 Å². The van der Waals surface area contributed by atoms with Crippen LogP contribution in [0.4, 0.5) is 0 Å². The third kappa shape index (κ3) is 4.53. The predicted molar refractivity (Wildman–Crippen MR) is 77.4 cm³/mol. The summed E-state index contributed by atoms with van der Waals surface area (Å²) < 4.78 is 9.98. The highest BCUT2D eigenvalue weighted by molar-refractivity contribution is 5.98. The second-order valence-electron chi connectivity index (χ2n) is 4.90. The van der Waals surface area contributed by atoms with Gasteiger partial charge in [-0.25, -0.2) is 4.79 Å². The Balaban J connectivity index is 1.90. The molecule has 1 heterocycles. The molecular formula is C15H16N2O6. The number of hydrogen-bond donors (Lipinski definition) is 1. The molecule has 1 saturated heterocycles. The van der Waals surface area contributed by atoms with E-state index in [9.17, 15) is 19.2 Å². The van der Waals surface area contributed by atoms with Gasteiger partial charge in [0.15, 0.2) is 13.2 Å². The van der Waals surface area contributed by atoms with Crippen molar-refractivity contribution in [3.05, 3.63) is 29.8 Å². The third-order valence-corrected chi connectivity index (χ3v) is 3.15. The van der Waals surface area contributed by atoms with E-state index < -0.39 is 24.4 Å². The molecule has 0 aliphatic carbocycles. The van der Waals surface area contributed by atoms with Crippen LogP contribution >= 0.6 is 0 Å². The van der Waals surface area contributed by atoms with E-state index in [-0.39, 0.29) is 23.8 Å². The summed E-state index contributed by atoms with van der Waals surface area (Å²) in [6.07, 6.45) is 0.955. The van der Waals surface area contributed by atoms with Gasteiger partial charge in [0.2, 0.25) is 5.91 Å². The average Bonchev–Trinajstić information content (AvgIpc) is 2.96. The van der Waals surface area contributed by atoms with E-state index in [0.29, 0.717) is 19.4 Å². The number of carbonyl (C=O) groups excluding carboxylic acids is 4. The fourth-order valence-corrected chi connectivity index (χ4v) is 2.07. The lowest BCUT2D eigenvalue weighted by molar-refractivity contribution is -0.143. The number of carbonyl (C=O) groups is 4. The maximum Gasteiger partial charge on any atom is 0.338 e. The highest BCUT2D eigenvalue weighted by Crippen LogP contribution is 2.15. The van der Waals surface area contributed by atoms with Crippen molar-refractivity contribution in [1.29, 1.82) is 0 Å². The zero-order valence-corrected chi connectivity index (χ0v) is 12.3. The van der Waals surface area contributed by atoms with Crippen molar-refractivity contribution in [2.45, 2.75) is 12.8 Å². The van der Waals surface area contributed by atoms with E-state index in [1.165, 1.54) is 12.1 Å². The summed E-state index contributed by atoms with van der Waals surface area (Å²) in [4.78, 5) is 46.9. The van der Waals surface area contributed by atoms with Crippen molar-refractivity contribution in [2.24, 2.45) is 5.73 Å². The molecule has 8 nitrogen and oxygen atoms in total. The summed E-state index contributed by atoms with van der Waals surface area (Å²) >= 11 is 0. The monoisotopic (exact) mass is 320 g/mol. The average molecular weight is 320 g/mol. The van der Waals surface area contributed by atoms with Crippen LogP contribution in [-0.4, -0.2) is 48.3 Å². The molecule has 1 fully saturated rings. The zero-order chi connectivity index (χ0) is 16.8. The number of nitrogens with two attached hydrogens (primary N) is 1. The van der Waals surface area contributed by atoms with Gasteiger partial charge in [-0.05, 0) is 24.6 Å². The molecule has 2 rings (SSSR count). The minimum atomic E-state index is -0.727. The van der Waals surface area contributed by atoms with Crippen molar-refractivity contribution in [3.63, 3.8) is 0 Å². The molecule has 1 aliphatic rings. The molecule has 0 atom stereocenters. The minimum Gasteiger partial charge on any atom is -0.484 e. The smallest absolute Gasteiger partial charge is 0.338 e. The van der Waals surface area contributed by atoms with Crippen molar-refractivity contribution >= 4 is 23.7 Å². The van der Waals surface area contributed by atoms with Gasteiger partial charge in [-0.3, -0.25) is 19.3 Å². The molecular weight excluding hydrogens is 304 g/mol. The molecule has 0 saturated carbocycles. The highest BCUT2D eigenvalue weighted by atomic mass is 16.5. The largest absolute Gasteiger partial charge is 0.484 e. The Hall–Kier alpha value is -2.90. The predicted octanol–water partition coefficient (Wildman–Crippen LogP) is -0.144. The summed E-state index contributed by atoms with van der Waals surface area (Å²) in [6.45, 7) is -0.462. The highest BCUT2D eigenvalue weighted by Gasteiger charge is 2.27. The number of benzene rings is 1. The standard InChI is InChI=1S/C15H16N2O6/c16-12(18)8-22-11-4-1-3-10(7-11)15(21)23-9-14(20)17-6-2-5-13(17)19/h1,3-4,7H,2,5-6,8-9H2,(H2,16,18). The molecule has 1 aromatic rings. The van der Waals surface area contributed by atoms with Crippen LogP contribution in [0.5, 0.6) is 5.75 Å². The van der Waals surface area contributed by atoms with Gasteiger partial charge in [0.1, 0.15) is 5.75 Å². The first-order valence-electron chi connectivity index (χ1n) is 6.99. The lowest BCUT2D eigenvalue weighted by atomic mass is 10.2. The molecule has 1 aliphatic heterocycles. The normalized spacial score (nSPS) is 13.7. The van der Waals surface area contributed by atoms with Crippen LogP contribution in [0.1, 0.15) is 23.2 Å². The summed E-state index contributed by atoms with van der Waals surface area (Å²) in [5.41, 5.74) is 5.12. The zero-order valence-electron chi connectivity index (χ0n) is 12.3. The van der Waals surface area contributed by atoms with Crippen LogP contribution in [0.3, 0.4) is 0 Å². The molecule has 2 N–H and O–H groups in total. The first-order chi connectivity index (χ1) is 11.0. The second kappa shape index (κ2) is 7.39. The SMILES string of the molecule is NC(=O)COc1cccc(C(=O)OCC(=O)N2CCCC2=O)c1. The van der Waals surface area contributed by atoms with Crippen molar-refractivity contribution in [3.8, 4) is 5.75 Å². The van der Waals surface area contributed by atoms with Gasteiger partial charge < -0.3 is 15.2 Å². The molecule has 0 aromatic heterocycles. The Morgan fingerprint density at radius 3 is 2.65 bits per heavy atom. The molecule has 3 amide bonds. The Labute approximate surface area is 132 Å². The van der Waals surface area contributed by atoms with E-state index in [2.05, 4.69) is 0 Å². The number of primary amides is 1. The number of esters is 1. The Bertz CT molecular complexity index is 643. The molecule has 0 bridgehead atoms. The fraction of sp³-hybridized carbons (Fsp3) is 0.333. The number of nitrogens with zero attached hydrogens (tertiary/aromatic N) is 1. The molecule has 0 spiro atoms. The molecule has 23 heavy (non-hydrogen) atoms. The number of rotatable bonds is 6.